The number of Topliss-reactive ketones (excluding diaryl/α,β-unsaturated/α-hetero) is 1. The van der Waals surface area contributed by atoms with Gasteiger partial charge in [0.2, 0.25) is 0 Å². The van der Waals surface area contributed by atoms with Crippen LogP contribution in [0, 0.1) is 6.92 Å². The van der Waals surface area contributed by atoms with Gasteiger partial charge in [-0.1, -0.05) is 12.1 Å². The Morgan fingerprint density at radius 2 is 1.63 bits per heavy atom. The van der Waals surface area contributed by atoms with E-state index in [0.717, 1.165) is 5.56 Å². The molecule has 0 saturated carbocycles. The van der Waals surface area contributed by atoms with Crippen molar-refractivity contribution in [1.82, 2.24) is 0 Å². The van der Waals surface area contributed by atoms with E-state index in [1.807, 2.05) is 6.92 Å². The van der Waals surface area contributed by atoms with Gasteiger partial charge in [-0.15, -0.1) is 0 Å². The molecule has 0 bridgehead atoms. The first-order valence-corrected chi connectivity index (χ1v) is 11.9. The zero-order valence-corrected chi connectivity index (χ0v) is 21.8. The maximum absolute atomic E-state index is 13.5. The molecule has 1 aliphatic rings. The van der Waals surface area contributed by atoms with Crippen molar-refractivity contribution in [3.63, 3.8) is 0 Å². The fraction of sp³-hybridized carbons (Fsp3) is 0.241. The average Bonchev–Trinajstić information content (AvgIpc) is 3.19. The molecule has 1 amide bonds. The number of anilines is 1. The smallest absolute Gasteiger partial charge is 0.300 e. The fourth-order valence-corrected chi connectivity index (χ4v) is 4.49. The Morgan fingerprint density at radius 3 is 2.29 bits per heavy atom. The molecule has 1 fully saturated rings. The van der Waals surface area contributed by atoms with Crippen LogP contribution in [0.3, 0.4) is 0 Å². The standard InChI is InChI=1S/C29H29NO8/c1-6-38-24-14-17(8-12-22(24)36-4)26-25(27(32)19-10-9-18(35-3)15-23(19)37-5)28(33)29(34)30(26)20-13-16(2)7-11-21(20)31/h7-15,26,31-32H,6H2,1-5H3/b27-25+. The first-order valence-electron chi connectivity index (χ1n) is 11.9. The summed E-state index contributed by atoms with van der Waals surface area (Å²) in [5.74, 6) is -0.860. The molecule has 38 heavy (non-hydrogen) atoms. The van der Waals surface area contributed by atoms with Crippen LogP contribution in [0.25, 0.3) is 5.76 Å². The van der Waals surface area contributed by atoms with Crippen molar-refractivity contribution < 1.29 is 38.7 Å². The molecule has 0 radical (unpaired) electrons. The Labute approximate surface area is 220 Å². The number of ketones is 1. The van der Waals surface area contributed by atoms with Gasteiger partial charge in [-0.2, -0.15) is 0 Å². The van der Waals surface area contributed by atoms with Gasteiger partial charge in [-0.25, -0.2) is 0 Å². The number of aliphatic hydroxyl groups excluding tert-OH is 1. The van der Waals surface area contributed by atoms with Gasteiger partial charge in [0, 0.05) is 6.07 Å². The van der Waals surface area contributed by atoms with Crippen LogP contribution in [0.15, 0.2) is 60.2 Å². The molecular weight excluding hydrogens is 490 g/mol. The molecule has 198 valence electrons. The summed E-state index contributed by atoms with van der Waals surface area (Å²) in [6, 6.07) is 13.3. The molecule has 3 aromatic rings. The number of nitrogens with zero attached hydrogens (tertiary/aromatic N) is 1. The van der Waals surface area contributed by atoms with Gasteiger partial charge in [-0.05, 0) is 61.4 Å². The molecule has 0 aliphatic carbocycles. The molecule has 2 N–H and O–H groups in total. The van der Waals surface area contributed by atoms with Gasteiger partial charge >= 0.3 is 0 Å². The summed E-state index contributed by atoms with van der Waals surface area (Å²) in [4.78, 5) is 28.2. The van der Waals surface area contributed by atoms with Crippen LogP contribution < -0.4 is 23.8 Å². The predicted octanol–water partition coefficient (Wildman–Crippen LogP) is 4.75. The quantitative estimate of drug-likeness (QED) is 0.249. The zero-order chi connectivity index (χ0) is 27.6. The zero-order valence-electron chi connectivity index (χ0n) is 21.8. The Kier molecular flexibility index (Phi) is 7.47. The minimum atomic E-state index is -1.10. The van der Waals surface area contributed by atoms with Crippen LogP contribution in [0.4, 0.5) is 5.69 Å². The second-order valence-corrected chi connectivity index (χ2v) is 8.57. The van der Waals surface area contributed by atoms with Crippen molar-refractivity contribution in [2.45, 2.75) is 19.9 Å². The van der Waals surface area contributed by atoms with Crippen molar-refractivity contribution in [2.75, 3.05) is 32.8 Å². The van der Waals surface area contributed by atoms with E-state index < -0.39 is 23.5 Å². The monoisotopic (exact) mass is 519 g/mol. The normalized spacial score (nSPS) is 16.4. The van der Waals surface area contributed by atoms with Gasteiger partial charge in [-0.3, -0.25) is 14.5 Å². The highest BCUT2D eigenvalue weighted by Gasteiger charge is 2.48. The highest BCUT2D eigenvalue weighted by Crippen LogP contribution is 2.47. The van der Waals surface area contributed by atoms with E-state index >= 15 is 0 Å². The van der Waals surface area contributed by atoms with Gasteiger partial charge < -0.3 is 29.2 Å². The third-order valence-corrected chi connectivity index (χ3v) is 6.30. The van der Waals surface area contributed by atoms with Crippen molar-refractivity contribution in [1.29, 1.82) is 0 Å². The molecule has 4 rings (SSSR count). The van der Waals surface area contributed by atoms with Crippen LogP contribution >= 0.6 is 0 Å². The number of ether oxygens (including phenoxy) is 4. The number of aromatic hydroxyl groups is 1. The van der Waals surface area contributed by atoms with Crippen molar-refractivity contribution >= 4 is 23.1 Å². The largest absolute Gasteiger partial charge is 0.507 e. The maximum Gasteiger partial charge on any atom is 0.300 e. The third-order valence-electron chi connectivity index (χ3n) is 6.30. The summed E-state index contributed by atoms with van der Waals surface area (Å²) < 4.78 is 21.8. The summed E-state index contributed by atoms with van der Waals surface area (Å²) in [6.07, 6.45) is 0. The number of rotatable bonds is 8. The molecule has 1 atom stereocenters. The molecule has 1 heterocycles. The second-order valence-electron chi connectivity index (χ2n) is 8.57. The summed E-state index contributed by atoms with van der Waals surface area (Å²) in [5.41, 5.74) is 1.38. The number of phenols is 1. The number of amides is 1. The number of aliphatic hydroxyl groups is 1. The molecule has 1 aliphatic heterocycles. The number of carbonyl (C=O) groups is 2. The third kappa shape index (κ3) is 4.58. The Hall–Kier alpha value is -4.66. The minimum Gasteiger partial charge on any atom is -0.507 e. The number of aryl methyl sites for hydroxylation is 1. The lowest BCUT2D eigenvalue weighted by Crippen LogP contribution is -2.29. The van der Waals surface area contributed by atoms with E-state index in [-0.39, 0.29) is 28.3 Å². The van der Waals surface area contributed by atoms with Gasteiger partial charge in [0.25, 0.3) is 11.7 Å². The van der Waals surface area contributed by atoms with Gasteiger partial charge in [0.05, 0.1) is 50.8 Å². The van der Waals surface area contributed by atoms with E-state index in [1.54, 1.807) is 55.5 Å². The average molecular weight is 520 g/mol. The summed E-state index contributed by atoms with van der Waals surface area (Å²) >= 11 is 0. The summed E-state index contributed by atoms with van der Waals surface area (Å²) in [5, 5.41) is 22.2. The van der Waals surface area contributed by atoms with Crippen LogP contribution in [-0.4, -0.2) is 49.8 Å². The SMILES string of the molecule is CCOc1cc(C2/C(=C(\O)c3ccc(OC)cc3OC)C(=O)C(=O)N2c2cc(C)ccc2O)ccc1OC. The lowest BCUT2D eigenvalue weighted by atomic mass is 9.94. The molecule has 0 aromatic heterocycles. The van der Waals surface area contributed by atoms with Crippen LogP contribution in [0.1, 0.15) is 29.7 Å². The first-order chi connectivity index (χ1) is 18.2. The van der Waals surface area contributed by atoms with Crippen LogP contribution in [-0.2, 0) is 9.59 Å². The van der Waals surface area contributed by atoms with Crippen LogP contribution in [0.5, 0.6) is 28.7 Å². The number of benzene rings is 3. The maximum atomic E-state index is 13.5. The van der Waals surface area contributed by atoms with Crippen molar-refractivity contribution in [3.05, 3.63) is 76.9 Å². The molecule has 1 unspecified atom stereocenters. The topological polar surface area (TPSA) is 115 Å². The lowest BCUT2D eigenvalue weighted by molar-refractivity contribution is -0.132. The van der Waals surface area contributed by atoms with Crippen molar-refractivity contribution in [3.8, 4) is 28.7 Å². The van der Waals surface area contributed by atoms with E-state index in [4.69, 9.17) is 18.9 Å². The highest BCUT2D eigenvalue weighted by molar-refractivity contribution is 6.52. The van der Waals surface area contributed by atoms with E-state index in [2.05, 4.69) is 0 Å². The molecule has 9 heteroatoms. The predicted molar refractivity (Wildman–Crippen MR) is 141 cm³/mol. The van der Waals surface area contributed by atoms with Crippen molar-refractivity contribution in [2.24, 2.45) is 0 Å². The molecule has 9 nitrogen and oxygen atoms in total. The fourth-order valence-electron chi connectivity index (χ4n) is 4.49. The lowest BCUT2D eigenvalue weighted by Gasteiger charge is -2.27. The minimum absolute atomic E-state index is 0.131. The Balaban J connectivity index is 2.02. The second kappa shape index (κ2) is 10.8. The summed E-state index contributed by atoms with van der Waals surface area (Å²) in [6.45, 7) is 3.97. The van der Waals surface area contributed by atoms with E-state index in [0.29, 0.717) is 29.4 Å². The molecule has 3 aromatic carbocycles. The van der Waals surface area contributed by atoms with E-state index in [9.17, 15) is 19.8 Å². The number of hydrogen-bond acceptors (Lipinski definition) is 8. The van der Waals surface area contributed by atoms with Gasteiger partial charge in [0.1, 0.15) is 23.0 Å². The highest BCUT2D eigenvalue weighted by atomic mass is 16.5. The first kappa shape index (κ1) is 26.4. The number of hydrogen-bond donors (Lipinski definition) is 2. The molecule has 1 saturated heterocycles. The molecular formula is C29H29NO8. The van der Waals surface area contributed by atoms with Crippen LogP contribution in [0.2, 0.25) is 0 Å². The number of methoxy groups -OCH3 is 3. The Bertz CT molecular complexity index is 1430. The Morgan fingerprint density at radius 1 is 0.895 bits per heavy atom. The van der Waals surface area contributed by atoms with E-state index in [1.165, 1.54) is 32.3 Å². The summed E-state index contributed by atoms with van der Waals surface area (Å²) in [7, 11) is 4.42. The number of carbonyl (C=O) groups excluding carboxylic acids is 2. The molecule has 0 spiro atoms. The van der Waals surface area contributed by atoms with Gasteiger partial charge in [0.15, 0.2) is 11.5 Å². The number of phenolic OH excluding ortho intramolecular Hbond substituents is 1.